The van der Waals surface area contributed by atoms with Crippen LogP contribution in [-0.2, 0) is 4.57 Å². The Balaban J connectivity index is 2.22. The van der Waals surface area contributed by atoms with Crippen LogP contribution in [0.2, 0.25) is 0 Å². The topological polar surface area (TPSA) is 17.1 Å². The normalized spacial score (nSPS) is 24.0. The standard InChI is InChI=1S/C6H12OP/c7-8-6-4-2-1-3-5-6/h6,8H,1-5H2. The summed E-state index contributed by atoms with van der Waals surface area (Å²) in [6.07, 6.45) is 6.39. The molecule has 1 aliphatic rings. The first kappa shape index (κ1) is 6.22. The minimum absolute atomic E-state index is 0.0430. The van der Waals surface area contributed by atoms with E-state index in [9.17, 15) is 4.57 Å². The third-order valence-corrected chi connectivity index (χ3v) is 2.68. The van der Waals surface area contributed by atoms with Crippen molar-refractivity contribution in [1.29, 1.82) is 0 Å². The molecule has 1 saturated carbocycles. The molecule has 0 N–H and O–H groups in total. The highest BCUT2D eigenvalue weighted by atomic mass is 31.1. The molecule has 0 bridgehead atoms. The third kappa shape index (κ3) is 1.56. The van der Waals surface area contributed by atoms with Gasteiger partial charge in [-0.15, -0.1) is 0 Å². The van der Waals surface area contributed by atoms with Gasteiger partial charge in [0.2, 0.25) is 0 Å². The van der Waals surface area contributed by atoms with Crippen LogP contribution in [0.5, 0.6) is 0 Å². The molecule has 1 radical (unpaired) electrons. The molecule has 1 nitrogen and oxygen atoms in total. The molecule has 0 heterocycles. The van der Waals surface area contributed by atoms with E-state index in [4.69, 9.17) is 0 Å². The summed E-state index contributed by atoms with van der Waals surface area (Å²) >= 11 is 0. The Morgan fingerprint density at radius 1 is 1.12 bits per heavy atom. The summed E-state index contributed by atoms with van der Waals surface area (Å²) in [5, 5.41) is 0. The molecule has 0 amide bonds. The van der Waals surface area contributed by atoms with Gasteiger partial charge in [-0.25, -0.2) is 0 Å². The van der Waals surface area contributed by atoms with E-state index in [1.54, 1.807) is 0 Å². The van der Waals surface area contributed by atoms with Crippen molar-refractivity contribution in [3.8, 4) is 0 Å². The summed E-state index contributed by atoms with van der Waals surface area (Å²) in [5.74, 6) is 0. The lowest BCUT2D eigenvalue weighted by Gasteiger charge is -2.14. The minimum Gasteiger partial charge on any atom is -0.290 e. The van der Waals surface area contributed by atoms with Gasteiger partial charge in [-0.3, -0.25) is 4.57 Å². The molecule has 0 saturated heterocycles. The van der Waals surface area contributed by atoms with E-state index < -0.39 is 0 Å². The zero-order valence-corrected chi connectivity index (χ0v) is 6.02. The van der Waals surface area contributed by atoms with Crippen molar-refractivity contribution < 1.29 is 4.57 Å². The number of rotatable bonds is 1. The molecule has 1 rings (SSSR count). The molecule has 0 aromatic carbocycles. The summed E-state index contributed by atoms with van der Waals surface area (Å²) in [5.41, 5.74) is 0.559. The van der Waals surface area contributed by atoms with E-state index in [2.05, 4.69) is 0 Å². The Bertz CT molecular complexity index is 76.6. The second kappa shape index (κ2) is 3.19. The Morgan fingerprint density at radius 3 is 2.12 bits per heavy atom. The maximum Gasteiger partial charge on any atom is 0.0612 e. The summed E-state index contributed by atoms with van der Waals surface area (Å²) in [6.45, 7) is 0. The molecule has 1 fully saturated rings. The van der Waals surface area contributed by atoms with Crippen LogP contribution >= 0.6 is 8.46 Å². The molecule has 0 aliphatic heterocycles. The molecule has 1 atom stereocenters. The molecular weight excluding hydrogens is 119 g/mol. The van der Waals surface area contributed by atoms with E-state index in [-0.39, 0.29) is 8.46 Å². The monoisotopic (exact) mass is 131 g/mol. The molecule has 0 aromatic heterocycles. The summed E-state index contributed by atoms with van der Waals surface area (Å²) in [4.78, 5) is 0. The van der Waals surface area contributed by atoms with Crippen molar-refractivity contribution in [2.75, 3.05) is 0 Å². The number of hydrogen-bond donors (Lipinski definition) is 0. The zero-order chi connectivity index (χ0) is 5.82. The van der Waals surface area contributed by atoms with Crippen LogP contribution in [0.3, 0.4) is 0 Å². The highest BCUT2D eigenvalue weighted by Gasteiger charge is 2.10. The molecule has 1 unspecified atom stereocenters. The largest absolute Gasteiger partial charge is 0.290 e. The smallest absolute Gasteiger partial charge is 0.0612 e. The van der Waals surface area contributed by atoms with Crippen LogP contribution in [0, 0.1) is 0 Å². The minimum atomic E-state index is -0.0430. The number of hydrogen-bond acceptors (Lipinski definition) is 1. The second-order valence-corrected chi connectivity index (χ2v) is 3.50. The lowest BCUT2D eigenvalue weighted by molar-refractivity contribution is 0.498. The van der Waals surface area contributed by atoms with Crippen molar-refractivity contribution in [2.24, 2.45) is 0 Å². The maximum absolute atomic E-state index is 10.3. The highest BCUT2D eigenvalue weighted by molar-refractivity contribution is 7.24. The van der Waals surface area contributed by atoms with Gasteiger partial charge in [0.25, 0.3) is 0 Å². The Labute approximate surface area is 51.7 Å². The molecule has 0 spiro atoms. The van der Waals surface area contributed by atoms with Crippen LogP contribution in [0.15, 0.2) is 0 Å². The lowest BCUT2D eigenvalue weighted by Crippen LogP contribution is -2.03. The van der Waals surface area contributed by atoms with E-state index >= 15 is 0 Å². The first-order valence-corrected chi connectivity index (χ1v) is 4.29. The maximum atomic E-state index is 10.3. The van der Waals surface area contributed by atoms with Gasteiger partial charge in [0.15, 0.2) is 0 Å². The van der Waals surface area contributed by atoms with Gasteiger partial charge in [0, 0.05) is 5.66 Å². The summed E-state index contributed by atoms with van der Waals surface area (Å²) in [7, 11) is -0.0430. The van der Waals surface area contributed by atoms with E-state index in [0.29, 0.717) is 5.66 Å². The quantitative estimate of drug-likeness (QED) is 0.499. The van der Waals surface area contributed by atoms with Gasteiger partial charge < -0.3 is 0 Å². The van der Waals surface area contributed by atoms with Gasteiger partial charge in [-0.1, -0.05) is 19.3 Å². The Hall–Kier alpha value is 0.100. The van der Waals surface area contributed by atoms with Crippen molar-refractivity contribution in [3.63, 3.8) is 0 Å². The molecule has 1 aliphatic carbocycles. The summed E-state index contributed by atoms with van der Waals surface area (Å²) < 4.78 is 10.3. The van der Waals surface area contributed by atoms with Crippen LogP contribution < -0.4 is 0 Å². The first-order valence-electron chi connectivity index (χ1n) is 3.31. The van der Waals surface area contributed by atoms with Crippen molar-refractivity contribution in [3.05, 3.63) is 0 Å². The van der Waals surface area contributed by atoms with Crippen molar-refractivity contribution >= 4 is 8.46 Å². The Kier molecular flexibility index (Phi) is 2.48. The van der Waals surface area contributed by atoms with Gasteiger partial charge in [-0.05, 0) is 12.8 Å². The Morgan fingerprint density at radius 2 is 1.75 bits per heavy atom. The predicted molar refractivity (Wildman–Crippen MR) is 35.9 cm³/mol. The zero-order valence-electron chi connectivity index (χ0n) is 5.02. The molecule has 47 valence electrons. The molecule has 0 aromatic rings. The molecule has 2 heteroatoms. The van der Waals surface area contributed by atoms with Crippen molar-refractivity contribution in [2.45, 2.75) is 37.8 Å². The van der Waals surface area contributed by atoms with Crippen LogP contribution in [0.1, 0.15) is 32.1 Å². The van der Waals surface area contributed by atoms with Crippen molar-refractivity contribution in [1.82, 2.24) is 0 Å². The highest BCUT2D eigenvalue weighted by Crippen LogP contribution is 2.26. The third-order valence-electron chi connectivity index (χ3n) is 1.77. The van der Waals surface area contributed by atoms with Gasteiger partial charge in [0.1, 0.15) is 0 Å². The fourth-order valence-electron chi connectivity index (χ4n) is 1.22. The van der Waals surface area contributed by atoms with Gasteiger partial charge >= 0.3 is 0 Å². The van der Waals surface area contributed by atoms with Gasteiger partial charge in [-0.2, -0.15) is 0 Å². The average molecular weight is 131 g/mol. The van der Waals surface area contributed by atoms with E-state index in [0.717, 1.165) is 0 Å². The lowest BCUT2D eigenvalue weighted by atomic mass is 10.0. The second-order valence-electron chi connectivity index (χ2n) is 2.45. The SMILES string of the molecule is O=[PH]C1CCCCC1. The predicted octanol–water partition coefficient (Wildman–Crippen LogP) is 2.34. The van der Waals surface area contributed by atoms with Crippen LogP contribution in [0.25, 0.3) is 0 Å². The average Bonchev–Trinajstić information content (AvgIpc) is 1.90. The fourth-order valence-corrected chi connectivity index (χ4v) is 1.86. The van der Waals surface area contributed by atoms with Crippen LogP contribution in [-0.4, -0.2) is 5.66 Å². The molecule has 8 heavy (non-hydrogen) atoms. The molecular formula is C6H12OP. The van der Waals surface area contributed by atoms with E-state index in [1.165, 1.54) is 32.1 Å². The summed E-state index contributed by atoms with van der Waals surface area (Å²) in [6, 6.07) is 0. The fraction of sp³-hybridized carbons (Fsp3) is 1.00. The first-order chi connectivity index (χ1) is 3.93. The van der Waals surface area contributed by atoms with Crippen LogP contribution in [0.4, 0.5) is 0 Å². The van der Waals surface area contributed by atoms with E-state index in [1.807, 2.05) is 0 Å². The van der Waals surface area contributed by atoms with Gasteiger partial charge in [0.05, 0.1) is 8.46 Å².